The summed E-state index contributed by atoms with van der Waals surface area (Å²) in [6.45, 7) is 9.04. The van der Waals surface area contributed by atoms with Crippen molar-refractivity contribution in [2.24, 2.45) is 45.9 Å². The predicted molar refractivity (Wildman–Crippen MR) is 235 cm³/mol. The molecule has 18 nitrogen and oxygen atoms in total. The van der Waals surface area contributed by atoms with E-state index in [1.807, 2.05) is 6.92 Å². The summed E-state index contributed by atoms with van der Waals surface area (Å²) >= 11 is 0. The molecule has 3 aliphatic carbocycles. The molecule has 10 atom stereocenters. The third kappa shape index (κ3) is 15.7. The maximum Gasteiger partial charge on any atom is 0.497 e. The van der Waals surface area contributed by atoms with E-state index >= 15 is 0 Å². The van der Waals surface area contributed by atoms with Crippen molar-refractivity contribution in [3.8, 4) is 0 Å². The standard InChI is InChI=1S/C42H81BN10O8/c1-27(54)34(51-36(56)30(21-24-46)49-33(55)20-15-13-11-9-7-5-6-8-10-12-14-17-22-44)38(58)52-35(47)39(59)50-29(19-16-18-23-45)37(57)53-40(48)43-60-32-26-28-25-31(41(28,2)3)42(32,4)61-43/h27-32,34-35,40,54H,5-26,44-48H2,1-4H3,(H,49,55)(H,50,59)(H,51,56)(H,52,58)(H,53,57). The first-order valence-electron chi connectivity index (χ1n) is 23.1. The van der Waals surface area contributed by atoms with E-state index < -0.39 is 72.8 Å². The quantitative estimate of drug-likeness (QED) is 0.0256. The number of amides is 5. The Morgan fingerprint density at radius 2 is 1.20 bits per heavy atom. The monoisotopic (exact) mass is 865 g/mol. The van der Waals surface area contributed by atoms with Crippen molar-refractivity contribution in [1.29, 1.82) is 0 Å². The third-order valence-corrected chi connectivity index (χ3v) is 13.3. The van der Waals surface area contributed by atoms with Crippen LogP contribution in [0.5, 0.6) is 0 Å². The summed E-state index contributed by atoms with van der Waals surface area (Å²) in [5.41, 5.74) is 29.0. The molecular formula is C42H81BN10O8. The Balaban J connectivity index is 1.45. The number of hydrogen-bond donors (Lipinski definition) is 11. The number of aliphatic hydroxyl groups excluding tert-OH is 1. The molecule has 1 heterocycles. The van der Waals surface area contributed by atoms with Gasteiger partial charge in [0, 0.05) is 6.42 Å². The zero-order chi connectivity index (χ0) is 45.2. The Labute approximate surface area is 364 Å². The molecule has 10 unspecified atom stereocenters. The second kappa shape index (κ2) is 26.0. The largest absolute Gasteiger partial charge is 0.497 e. The van der Waals surface area contributed by atoms with Gasteiger partial charge in [0.25, 0.3) is 5.91 Å². The van der Waals surface area contributed by atoms with Gasteiger partial charge in [-0.3, -0.25) is 24.0 Å². The van der Waals surface area contributed by atoms with Gasteiger partial charge in [-0.15, -0.1) is 0 Å². The zero-order valence-electron chi connectivity index (χ0n) is 37.5. The molecule has 2 bridgehead atoms. The number of unbranched alkanes of at least 4 members (excludes halogenated alkanes) is 12. The van der Waals surface area contributed by atoms with E-state index in [4.69, 9.17) is 38.0 Å². The normalized spacial score (nSPS) is 24.2. The van der Waals surface area contributed by atoms with Crippen LogP contribution in [0.15, 0.2) is 0 Å². The molecule has 3 saturated carbocycles. The molecular weight excluding hydrogens is 783 g/mol. The molecule has 0 radical (unpaired) electrons. The molecule has 0 aromatic carbocycles. The predicted octanol–water partition coefficient (Wildman–Crippen LogP) is 0.399. The van der Waals surface area contributed by atoms with Crippen LogP contribution in [-0.2, 0) is 33.3 Å². The van der Waals surface area contributed by atoms with E-state index in [1.54, 1.807) is 0 Å². The minimum atomic E-state index is -1.67. The van der Waals surface area contributed by atoms with E-state index in [0.29, 0.717) is 37.6 Å². The van der Waals surface area contributed by atoms with Gasteiger partial charge in [0.2, 0.25) is 23.6 Å². The molecule has 0 aromatic rings. The number of carbonyl (C=O) groups excluding carboxylic acids is 5. The van der Waals surface area contributed by atoms with Crippen molar-refractivity contribution < 1.29 is 38.4 Å². The van der Waals surface area contributed by atoms with Crippen molar-refractivity contribution in [2.45, 2.75) is 198 Å². The van der Waals surface area contributed by atoms with Crippen molar-refractivity contribution in [2.75, 3.05) is 19.6 Å². The summed E-state index contributed by atoms with van der Waals surface area (Å²) in [5.74, 6) is -2.65. The minimum Gasteiger partial charge on any atom is -0.403 e. The number of aliphatic hydroxyl groups is 1. The van der Waals surface area contributed by atoms with Gasteiger partial charge in [0.1, 0.15) is 24.2 Å². The van der Waals surface area contributed by atoms with Crippen LogP contribution in [0.4, 0.5) is 0 Å². The lowest BCUT2D eigenvalue weighted by Gasteiger charge is -2.64. The Hall–Kier alpha value is -2.91. The van der Waals surface area contributed by atoms with Crippen molar-refractivity contribution in [3.63, 3.8) is 0 Å². The summed E-state index contributed by atoms with van der Waals surface area (Å²) in [6.07, 6.45) is 13.7. The number of rotatable bonds is 31. The molecule has 350 valence electrons. The maximum absolute atomic E-state index is 13.5. The maximum atomic E-state index is 13.5. The van der Waals surface area contributed by atoms with Gasteiger partial charge in [0.15, 0.2) is 6.17 Å². The molecule has 5 amide bonds. The average molecular weight is 865 g/mol. The molecule has 16 N–H and O–H groups in total. The lowest BCUT2D eigenvalue weighted by Crippen LogP contribution is -2.65. The van der Waals surface area contributed by atoms with Gasteiger partial charge in [-0.2, -0.15) is 0 Å². The highest BCUT2D eigenvalue weighted by Gasteiger charge is 2.68. The van der Waals surface area contributed by atoms with Gasteiger partial charge in [-0.25, -0.2) is 0 Å². The van der Waals surface area contributed by atoms with Crippen LogP contribution in [0.3, 0.4) is 0 Å². The lowest BCUT2D eigenvalue weighted by atomic mass is 9.43. The van der Waals surface area contributed by atoms with Crippen LogP contribution in [0.2, 0.25) is 0 Å². The lowest BCUT2D eigenvalue weighted by molar-refractivity contribution is -0.199. The molecule has 1 aliphatic heterocycles. The van der Waals surface area contributed by atoms with E-state index in [1.165, 1.54) is 51.9 Å². The van der Waals surface area contributed by atoms with Crippen molar-refractivity contribution in [1.82, 2.24) is 26.6 Å². The first-order chi connectivity index (χ1) is 29.0. The summed E-state index contributed by atoms with van der Waals surface area (Å²) in [5, 5.41) is 23.3. The number of hydrogen-bond acceptors (Lipinski definition) is 13. The SMILES string of the molecule is CC(O)C(NC(=O)C(CCN)NC(=O)CCCCCCCCCCCCCCN)C(=O)NC(N)C(=O)NC(CCCCN)C(=O)NC(N)B1OC2CC3CC(C3(C)C)C2(C)O1. The molecule has 0 spiro atoms. The zero-order valence-corrected chi connectivity index (χ0v) is 37.5. The topological polar surface area (TPSA) is 314 Å². The second-order valence-corrected chi connectivity index (χ2v) is 18.4. The van der Waals surface area contributed by atoms with Crippen LogP contribution in [0.1, 0.15) is 150 Å². The highest BCUT2D eigenvalue weighted by atomic mass is 16.7. The number of carbonyl (C=O) groups is 5. The fourth-order valence-corrected chi connectivity index (χ4v) is 9.28. The van der Waals surface area contributed by atoms with Gasteiger partial charge in [-0.05, 0) is 102 Å². The molecule has 4 rings (SSSR count). The van der Waals surface area contributed by atoms with Gasteiger partial charge in [0.05, 0.1) is 17.8 Å². The van der Waals surface area contributed by atoms with Crippen molar-refractivity contribution >= 4 is 36.7 Å². The highest BCUT2D eigenvalue weighted by Crippen LogP contribution is 2.65. The molecule has 1 saturated heterocycles. The molecule has 61 heavy (non-hydrogen) atoms. The molecule has 0 aromatic heterocycles. The first-order valence-corrected chi connectivity index (χ1v) is 23.1. The van der Waals surface area contributed by atoms with E-state index in [9.17, 15) is 29.1 Å². The van der Waals surface area contributed by atoms with Gasteiger partial charge in [-0.1, -0.05) is 78.1 Å². The highest BCUT2D eigenvalue weighted by molar-refractivity contribution is 6.47. The smallest absolute Gasteiger partial charge is 0.403 e. The fourth-order valence-electron chi connectivity index (χ4n) is 9.28. The Bertz CT molecular complexity index is 1400. The van der Waals surface area contributed by atoms with E-state index in [2.05, 4.69) is 40.4 Å². The Morgan fingerprint density at radius 3 is 1.75 bits per heavy atom. The van der Waals surface area contributed by atoms with Crippen molar-refractivity contribution in [3.05, 3.63) is 0 Å². The summed E-state index contributed by atoms with van der Waals surface area (Å²) in [4.78, 5) is 66.2. The minimum absolute atomic E-state index is 0.0768. The summed E-state index contributed by atoms with van der Waals surface area (Å²) < 4.78 is 12.6. The van der Waals surface area contributed by atoms with Crippen LogP contribution in [0, 0.1) is 17.3 Å². The van der Waals surface area contributed by atoms with Crippen LogP contribution < -0.4 is 55.3 Å². The molecule has 19 heteroatoms. The van der Waals surface area contributed by atoms with Crippen LogP contribution >= 0.6 is 0 Å². The summed E-state index contributed by atoms with van der Waals surface area (Å²) in [6, 6.07) is -4.71. The summed E-state index contributed by atoms with van der Waals surface area (Å²) in [7, 11) is -0.886. The number of nitrogens with two attached hydrogens (primary N) is 5. The average Bonchev–Trinajstić information content (AvgIpc) is 3.58. The Morgan fingerprint density at radius 1 is 0.656 bits per heavy atom. The van der Waals surface area contributed by atoms with Crippen LogP contribution in [-0.4, -0.2) is 110 Å². The number of nitrogens with one attached hydrogen (secondary N) is 5. The fraction of sp³-hybridized carbons (Fsp3) is 0.881. The van der Waals surface area contributed by atoms with E-state index in [0.717, 1.165) is 45.1 Å². The van der Waals surface area contributed by atoms with Crippen LogP contribution in [0.25, 0.3) is 0 Å². The second-order valence-electron chi connectivity index (χ2n) is 18.4. The van der Waals surface area contributed by atoms with E-state index in [-0.39, 0.29) is 43.2 Å². The molecule has 4 fully saturated rings. The molecule has 4 aliphatic rings. The first kappa shape index (κ1) is 52.4. The third-order valence-electron chi connectivity index (χ3n) is 13.3. The Kier molecular flexibility index (Phi) is 22.4. The van der Waals surface area contributed by atoms with Gasteiger partial charge < -0.3 is 69.7 Å². The van der Waals surface area contributed by atoms with Gasteiger partial charge >= 0.3 is 7.12 Å².